The smallest absolute Gasteiger partial charge is 0.263 e. The van der Waals surface area contributed by atoms with Gasteiger partial charge in [-0.2, -0.15) is 0 Å². The summed E-state index contributed by atoms with van der Waals surface area (Å²) in [7, 11) is 1.76. The fourth-order valence-corrected chi connectivity index (χ4v) is 6.97. The van der Waals surface area contributed by atoms with E-state index in [4.69, 9.17) is 0 Å². The zero-order valence-corrected chi connectivity index (χ0v) is 26.7. The standard InChI is InChI=1S/C43H33N3O2/c1-28(24-25-44-2)31-20-22-39-36(26-31)33-16-9-10-18-37(33)45(39)40-19-11-17-34-41(40)43(48)46(42(34)47)38-23-21-32(29-12-5-3-6-13-29)27-35(38)30-14-7-4-8-15-30/h3-27,42,47H,1-2H3/b28-24+,44-25?. The van der Waals surface area contributed by atoms with Crippen LogP contribution in [0.15, 0.2) is 151 Å². The van der Waals surface area contributed by atoms with Crippen molar-refractivity contribution < 1.29 is 9.90 Å². The van der Waals surface area contributed by atoms with Crippen molar-refractivity contribution in [1.82, 2.24) is 4.57 Å². The predicted molar refractivity (Wildman–Crippen MR) is 198 cm³/mol. The molecule has 0 bridgehead atoms. The van der Waals surface area contributed by atoms with Crippen LogP contribution in [0.2, 0.25) is 0 Å². The van der Waals surface area contributed by atoms with Crippen molar-refractivity contribution in [2.24, 2.45) is 4.99 Å². The Balaban J connectivity index is 1.30. The van der Waals surface area contributed by atoms with E-state index in [9.17, 15) is 9.90 Å². The Morgan fingerprint density at radius 3 is 2.17 bits per heavy atom. The molecule has 48 heavy (non-hydrogen) atoms. The van der Waals surface area contributed by atoms with E-state index in [1.807, 2.05) is 97.1 Å². The molecule has 2 heterocycles. The zero-order chi connectivity index (χ0) is 32.8. The first-order valence-corrected chi connectivity index (χ1v) is 16.1. The number of allylic oxidation sites excluding steroid dienone is 2. The third-order valence-electron chi connectivity index (χ3n) is 9.32. The Kier molecular flexibility index (Phi) is 7.32. The highest BCUT2D eigenvalue weighted by molar-refractivity contribution is 6.17. The molecule has 0 radical (unpaired) electrons. The van der Waals surface area contributed by atoms with E-state index in [0.29, 0.717) is 16.8 Å². The highest BCUT2D eigenvalue weighted by Gasteiger charge is 2.40. The first kappa shape index (κ1) is 29.4. The van der Waals surface area contributed by atoms with Crippen LogP contribution < -0.4 is 4.90 Å². The van der Waals surface area contributed by atoms with Gasteiger partial charge in [0, 0.05) is 35.2 Å². The fraction of sp³-hybridized carbons (Fsp3) is 0.0698. The number of anilines is 1. The third kappa shape index (κ3) is 4.75. The molecule has 1 amide bonds. The monoisotopic (exact) mass is 623 g/mol. The minimum atomic E-state index is -1.15. The number of carbonyl (C=O) groups excluding carboxylic acids is 1. The summed E-state index contributed by atoms with van der Waals surface area (Å²) in [5.74, 6) is -0.238. The van der Waals surface area contributed by atoms with Gasteiger partial charge >= 0.3 is 0 Å². The normalized spacial score (nSPS) is 14.8. The maximum Gasteiger partial charge on any atom is 0.263 e. The van der Waals surface area contributed by atoms with E-state index in [0.717, 1.165) is 60.9 Å². The van der Waals surface area contributed by atoms with E-state index in [2.05, 4.69) is 65.0 Å². The molecule has 6 aromatic carbocycles. The summed E-state index contributed by atoms with van der Waals surface area (Å²) >= 11 is 0. The number of aliphatic imine (C=N–C) groups is 1. The molecular weight excluding hydrogens is 590 g/mol. The predicted octanol–water partition coefficient (Wildman–Crippen LogP) is 9.87. The summed E-state index contributed by atoms with van der Waals surface area (Å²) in [6, 6.07) is 46.8. The quantitative estimate of drug-likeness (QED) is 0.188. The third-order valence-corrected chi connectivity index (χ3v) is 9.32. The molecule has 0 saturated carbocycles. The average molecular weight is 624 g/mol. The molecule has 7 aromatic rings. The number of para-hydroxylation sites is 1. The van der Waals surface area contributed by atoms with Crippen LogP contribution in [0, 0.1) is 0 Å². The van der Waals surface area contributed by atoms with Crippen molar-refractivity contribution in [3.63, 3.8) is 0 Å². The van der Waals surface area contributed by atoms with E-state index in [1.165, 1.54) is 0 Å². The van der Waals surface area contributed by atoms with Gasteiger partial charge in [0.05, 0.1) is 28.0 Å². The lowest BCUT2D eigenvalue weighted by atomic mass is 9.96. The number of benzene rings is 6. The van der Waals surface area contributed by atoms with Crippen molar-refractivity contribution in [2.45, 2.75) is 13.2 Å². The van der Waals surface area contributed by atoms with Crippen molar-refractivity contribution >= 4 is 45.2 Å². The van der Waals surface area contributed by atoms with Crippen LogP contribution in [0.1, 0.15) is 34.6 Å². The Labute approximate surface area is 279 Å². The van der Waals surface area contributed by atoms with Gasteiger partial charge in [0.25, 0.3) is 5.91 Å². The summed E-state index contributed by atoms with van der Waals surface area (Å²) in [4.78, 5) is 20.4. The van der Waals surface area contributed by atoms with Gasteiger partial charge in [0.15, 0.2) is 6.23 Å². The summed E-state index contributed by atoms with van der Waals surface area (Å²) in [6.45, 7) is 2.08. The van der Waals surface area contributed by atoms with Crippen molar-refractivity contribution in [1.29, 1.82) is 0 Å². The molecule has 1 unspecified atom stereocenters. The van der Waals surface area contributed by atoms with Crippen molar-refractivity contribution in [3.05, 3.63) is 162 Å². The van der Waals surface area contributed by atoms with E-state index < -0.39 is 6.23 Å². The number of aliphatic hydroxyl groups is 1. The number of nitrogens with zero attached hydrogens (tertiary/aromatic N) is 3. The molecule has 1 aromatic heterocycles. The summed E-state index contributed by atoms with van der Waals surface area (Å²) in [5.41, 5.74) is 10.6. The number of carbonyl (C=O) groups is 1. The summed E-state index contributed by atoms with van der Waals surface area (Å²) < 4.78 is 2.16. The Hall–Kier alpha value is -6.04. The van der Waals surface area contributed by atoms with Crippen molar-refractivity contribution in [3.8, 4) is 27.9 Å². The van der Waals surface area contributed by atoms with Crippen LogP contribution >= 0.6 is 0 Å². The molecular formula is C43H33N3O2. The number of rotatable bonds is 6. The SMILES string of the molecule is CN=C/C=C(\C)c1ccc2c(c1)c1ccccc1n2-c1cccc2c1C(=O)N(c1ccc(-c3ccccc3)cc1-c1ccccc1)C2O. The van der Waals surface area contributed by atoms with E-state index in [1.54, 1.807) is 18.2 Å². The van der Waals surface area contributed by atoms with Crippen molar-refractivity contribution in [2.75, 3.05) is 11.9 Å². The topological polar surface area (TPSA) is 57.8 Å². The van der Waals surface area contributed by atoms with Gasteiger partial charge in [0.1, 0.15) is 0 Å². The molecule has 232 valence electrons. The number of fused-ring (bicyclic) bond motifs is 4. The Bertz CT molecular complexity index is 2400. The van der Waals surface area contributed by atoms with Gasteiger partial charge in [-0.05, 0) is 77.2 Å². The van der Waals surface area contributed by atoms with Crippen LogP contribution in [-0.2, 0) is 0 Å². The van der Waals surface area contributed by atoms with E-state index >= 15 is 0 Å². The number of aliphatic hydroxyl groups excluding tert-OH is 1. The number of hydrogen-bond donors (Lipinski definition) is 1. The van der Waals surface area contributed by atoms with Gasteiger partial charge in [-0.15, -0.1) is 0 Å². The average Bonchev–Trinajstić information content (AvgIpc) is 3.61. The molecule has 5 nitrogen and oxygen atoms in total. The Morgan fingerprint density at radius 2 is 1.40 bits per heavy atom. The first-order valence-electron chi connectivity index (χ1n) is 16.1. The number of aromatic nitrogens is 1. The molecule has 1 atom stereocenters. The molecule has 0 aliphatic carbocycles. The van der Waals surface area contributed by atoms with Crippen LogP contribution in [0.4, 0.5) is 5.69 Å². The van der Waals surface area contributed by atoms with Crippen LogP contribution in [0.25, 0.3) is 55.3 Å². The minimum absolute atomic E-state index is 0.238. The van der Waals surface area contributed by atoms with Gasteiger partial charge in [-0.25, -0.2) is 0 Å². The maximum atomic E-state index is 14.7. The van der Waals surface area contributed by atoms with Gasteiger partial charge in [-0.1, -0.05) is 103 Å². The van der Waals surface area contributed by atoms with Gasteiger partial charge < -0.3 is 9.67 Å². The zero-order valence-electron chi connectivity index (χ0n) is 26.7. The lowest BCUT2D eigenvalue weighted by Crippen LogP contribution is -2.28. The molecule has 1 aliphatic rings. The second kappa shape index (κ2) is 12.0. The highest BCUT2D eigenvalue weighted by atomic mass is 16.3. The molecule has 1 N–H and O–H groups in total. The molecule has 1 aliphatic heterocycles. The van der Waals surface area contributed by atoms with Crippen LogP contribution in [0.3, 0.4) is 0 Å². The lowest BCUT2D eigenvalue weighted by molar-refractivity contribution is 0.0935. The molecule has 8 rings (SSSR count). The minimum Gasteiger partial charge on any atom is -0.369 e. The van der Waals surface area contributed by atoms with Crippen LogP contribution in [0.5, 0.6) is 0 Å². The number of hydrogen-bond acceptors (Lipinski definition) is 3. The molecule has 0 spiro atoms. The molecule has 5 heteroatoms. The van der Waals surface area contributed by atoms with E-state index in [-0.39, 0.29) is 5.91 Å². The second-order valence-electron chi connectivity index (χ2n) is 12.1. The second-order valence-corrected chi connectivity index (χ2v) is 12.1. The molecule has 0 fully saturated rings. The lowest BCUT2D eigenvalue weighted by Gasteiger charge is -2.25. The van der Waals surface area contributed by atoms with Gasteiger partial charge in [0.2, 0.25) is 0 Å². The maximum absolute atomic E-state index is 14.7. The largest absolute Gasteiger partial charge is 0.369 e. The van der Waals surface area contributed by atoms with Crippen LogP contribution in [-0.4, -0.2) is 28.8 Å². The fourth-order valence-electron chi connectivity index (χ4n) is 6.97. The number of amides is 1. The first-order chi connectivity index (χ1) is 23.5. The Morgan fingerprint density at radius 1 is 0.688 bits per heavy atom. The molecule has 0 saturated heterocycles. The highest BCUT2D eigenvalue weighted by Crippen LogP contribution is 2.45. The summed E-state index contributed by atoms with van der Waals surface area (Å²) in [5, 5.41) is 14.1. The van der Waals surface area contributed by atoms with Gasteiger partial charge in [-0.3, -0.25) is 14.7 Å². The summed E-state index contributed by atoms with van der Waals surface area (Å²) in [6.07, 6.45) is 2.66.